The zero-order valence-electron chi connectivity index (χ0n) is 9.05. The molecule has 1 aromatic carbocycles. The molecule has 0 aliphatic heterocycles. The lowest BCUT2D eigenvalue weighted by Gasteiger charge is -1.97. The van der Waals surface area contributed by atoms with Gasteiger partial charge < -0.3 is 5.73 Å². The molecular weight excluding hydrogens is 200 g/mol. The van der Waals surface area contributed by atoms with Gasteiger partial charge in [0.2, 0.25) is 0 Å². The number of pyridine rings is 1. The number of carbonyl (C=O) groups excluding carboxylic acids is 1. The van der Waals surface area contributed by atoms with E-state index in [1.165, 1.54) is 4.57 Å². The molecule has 2 rings (SSSR count). The summed E-state index contributed by atoms with van der Waals surface area (Å²) in [5.41, 5.74) is 7.96. The fourth-order valence-corrected chi connectivity index (χ4v) is 1.50. The summed E-state index contributed by atoms with van der Waals surface area (Å²) in [7, 11) is 0. The van der Waals surface area contributed by atoms with E-state index >= 15 is 0 Å². The van der Waals surface area contributed by atoms with E-state index in [1.54, 1.807) is 30.6 Å². The van der Waals surface area contributed by atoms with Gasteiger partial charge in [-0.15, -0.1) is 4.57 Å². The average molecular weight is 213 g/mol. The van der Waals surface area contributed by atoms with Crippen molar-refractivity contribution in [3.63, 3.8) is 0 Å². The number of nitrogens with two attached hydrogens (primary N) is 1. The van der Waals surface area contributed by atoms with Gasteiger partial charge in [-0.25, -0.2) is 4.79 Å². The molecule has 2 N–H and O–H groups in total. The maximum Gasteiger partial charge on any atom is 0.424 e. The predicted molar refractivity (Wildman–Crippen MR) is 62.0 cm³/mol. The summed E-state index contributed by atoms with van der Waals surface area (Å²) >= 11 is 0. The Hall–Kier alpha value is -2.16. The first kappa shape index (κ1) is 10.4. The van der Waals surface area contributed by atoms with Gasteiger partial charge in [-0.05, 0) is 19.1 Å². The molecule has 0 aliphatic rings. The summed E-state index contributed by atoms with van der Waals surface area (Å²) < 4.78 is 1.52. The largest absolute Gasteiger partial charge is 0.424 e. The van der Waals surface area contributed by atoms with Gasteiger partial charge in [0.1, 0.15) is 0 Å². The Kier molecular flexibility index (Phi) is 2.68. The van der Waals surface area contributed by atoms with Crippen LogP contribution in [0.25, 0.3) is 0 Å². The van der Waals surface area contributed by atoms with Crippen LogP contribution in [0.5, 0.6) is 0 Å². The van der Waals surface area contributed by atoms with Crippen LogP contribution in [0, 0.1) is 6.92 Å². The highest BCUT2D eigenvalue weighted by Gasteiger charge is 2.16. The van der Waals surface area contributed by atoms with Crippen LogP contribution in [-0.4, -0.2) is 5.91 Å². The second-order valence-corrected chi connectivity index (χ2v) is 3.71. The lowest BCUT2D eigenvalue weighted by Crippen LogP contribution is -2.42. The van der Waals surface area contributed by atoms with Crippen LogP contribution in [-0.2, 0) is 0 Å². The number of carbonyl (C=O) groups is 1. The standard InChI is InChI=1S/C13H12N2O/c1-10-3-2-4-11(9-10)13(16)15-7-5-12(14)6-8-15/h2-9,14H,1H3/p+1. The van der Waals surface area contributed by atoms with E-state index in [0.29, 0.717) is 11.3 Å². The van der Waals surface area contributed by atoms with E-state index in [0.717, 1.165) is 5.56 Å². The number of anilines is 1. The molecule has 16 heavy (non-hydrogen) atoms. The van der Waals surface area contributed by atoms with Crippen LogP contribution >= 0.6 is 0 Å². The van der Waals surface area contributed by atoms with Crippen LogP contribution in [0.3, 0.4) is 0 Å². The van der Waals surface area contributed by atoms with Crippen molar-refractivity contribution in [2.75, 3.05) is 5.73 Å². The molecule has 0 unspecified atom stereocenters. The van der Waals surface area contributed by atoms with E-state index in [4.69, 9.17) is 5.73 Å². The molecule has 0 saturated heterocycles. The molecule has 2 aromatic rings. The molecule has 1 heterocycles. The SMILES string of the molecule is Cc1cccc(C(=O)[n+]2ccc(N)cc2)c1. The molecule has 3 nitrogen and oxygen atoms in total. The van der Waals surface area contributed by atoms with Crippen LogP contribution in [0.15, 0.2) is 48.8 Å². The summed E-state index contributed by atoms with van der Waals surface area (Å²) in [5.74, 6) is -0.0521. The second-order valence-electron chi connectivity index (χ2n) is 3.71. The van der Waals surface area contributed by atoms with Gasteiger partial charge in [-0.3, -0.25) is 0 Å². The minimum absolute atomic E-state index is 0.0521. The summed E-state index contributed by atoms with van der Waals surface area (Å²) in [6, 6.07) is 10.9. The highest BCUT2D eigenvalue weighted by Crippen LogP contribution is 2.04. The third-order valence-corrected chi connectivity index (χ3v) is 2.35. The van der Waals surface area contributed by atoms with Crippen LogP contribution < -0.4 is 10.3 Å². The van der Waals surface area contributed by atoms with Gasteiger partial charge in [-0.2, -0.15) is 0 Å². The summed E-state index contributed by atoms with van der Waals surface area (Å²) in [6.45, 7) is 1.96. The number of rotatable bonds is 1. The van der Waals surface area contributed by atoms with Crippen molar-refractivity contribution in [3.05, 3.63) is 59.9 Å². The quantitative estimate of drug-likeness (QED) is 0.731. The Morgan fingerprint density at radius 1 is 1.19 bits per heavy atom. The highest BCUT2D eigenvalue weighted by molar-refractivity contribution is 5.87. The molecule has 0 atom stereocenters. The monoisotopic (exact) mass is 213 g/mol. The van der Waals surface area contributed by atoms with E-state index in [2.05, 4.69) is 0 Å². The van der Waals surface area contributed by atoms with E-state index in [1.807, 2.05) is 25.1 Å². The van der Waals surface area contributed by atoms with Gasteiger partial charge in [0.05, 0.1) is 5.56 Å². The molecular formula is C13H13N2O+. The van der Waals surface area contributed by atoms with Gasteiger partial charge in [0.15, 0.2) is 12.4 Å². The van der Waals surface area contributed by atoms with Crippen molar-refractivity contribution in [2.45, 2.75) is 6.92 Å². The first-order valence-corrected chi connectivity index (χ1v) is 5.05. The molecule has 0 aliphatic carbocycles. The smallest absolute Gasteiger partial charge is 0.398 e. The molecule has 0 spiro atoms. The Balaban J connectivity index is 2.35. The predicted octanol–water partition coefficient (Wildman–Crippen LogP) is 1.55. The molecule has 0 amide bonds. The van der Waals surface area contributed by atoms with Gasteiger partial charge in [0, 0.05) is 17.8 Å². The van der Waals surface area contributed by atoms with Crippen molar-refractivity contribution in [3.8, 4) is 0 Å². The summed E-state index contributed by atoms with van der Waals surface area (Å²) in [6.07, 6.45) is 3.33. The van der Waals surface area contributed by atoms with Crippen LogP contribution in [0.2, 0.25) is 0 Å². The third-order valence-electron chi connectivity index (χ3n) is 2.35. The maximum atomic E-state index is 12.0. The lowest BCUT2D eigenvalue weighted by molar-refractivity contribution is -0.570. The average Bonchev–Trinajstić information content (AvgIpc) is 2.29. The number of hydrogen-bond acceptors (Lipinski definition) is 2. The molecule has 80 valence electrons. The zero-order valence-corrected chi connectivity index (χ0v) is 9.05. The van der Waals surface area contributed by atoms with Crippen LogP contribution in [0.4, 0.5) is 5.69 Å². The number of aromatic nitrogens is 1. The first-order valence-electron chi connectivity index (χ1n) is 5.05. The van der Waals surface area contributed by atoms with Crippen molar-refractivity contribution in [2.24, 2.45) is 0 Å². The molecule has 0 radical (unpaired) electrons. The second kappa shape index (κ2) is 4.14. The zero-order chi connectivity index (χ0) is 11.5. The first-order chi connectivity index (χ1) is 7.66. The minimum Gasteiger partial charge on any atom is -0.398 e. The Morgan fingerprint density at radius 2 is 1.88 bits per heavy atom. The van der Waals surface area contributed by atoms with Crippen molar-refractivity contribution in [1.29, 1.82) is 0 Å². The van der Waals surface area contributed by atoms with E-state index < -0.39 is 0 Å². The minimum atomic E-state index is -0.0521. The van der Waals surface area contributed by atoms with E-state index in [-0.39, 0.29) is 5.91 Å². The number of benzene rings is 1. The van der Waals surface area contributed by atoms with Crippen molar-refractivity contribution >= 4 is 11.6 Å². The third kappa shape index (κ3) is 2.08. The van der Waals surface area contributed by atoms with Gasteiger partial charge in [-0.1, -0.05) is 17.7 Å². The molecule has 0 saturated carbocycles. The normalized spacial score (nSPS) is 10.1. The van der Waals surface area contributed by atoms with Crippen LogP contribution in [0.1, 0.15) is 15.9 Å². The molecule has 0 bridgehead atoms. The Morgan fingerprint density at radius 3 is 2.50 bits per heavy atom. The molecule has 0 fully saturated rings. The molecule has 1 aromatic heterocycles. The van der Waals surface area contributed by atoms with Crippen molar-refractivity contribution in [1.82, 2.24) is 0 Å². The number of aryl methyl sites for hydroxylation is 1. The summed E-state index contributed by atoms with van der Waals surface area (Å²) in [5, 5.41) is 0. The lowest BCUT2D eigenvalue weighted by atomic mass is 10.1. The van der Waals surface area contributed by atoms with E-state index in [9.17, 15) is 4.79 Å². The maximum absolute atomic E-state index is 12.0. The number of nitrogen functional groups attached to an aromatic ring is 1. The fourth-order valence-electron chi connectivity index (χ4n) is 1.50. The topological polar surface area (TPSA) is 47.0 Å². The fraction of sp³-hybridized carbons (Fsp3) is 0.0769. The number of hydrogen-bond donors (Lipinski definition) is 1. The van der Waals surface area contributed by atoms with Gasteiger partial charge in [0.25, 0.3) is 0 Å². The Bertz CT molecular complexity index is 518. The Labute approximate surface area is 94.1 Å². The van der Waals surface area contributed by atoms with Gasteiger partial charge >= 0.3 is 5.91 Å². The van der Waals surface area contributed by atoms with Crippen molar-refractivity contribution < 1.29 is 9.36 Å². The number of nitrogens with zero attached hydrogens (tertiary/aromatic N) is 1. The summed E-state index contributed by atoms with van der Waals surface area (Å²) in [4.78, 5) is 12.0. The highest BCUT2D eigenvalue weighted by atomic mass is 16.2. The molecule has 3 heteroatoms.